The summed E-state index contributed by atoms with van der Waals surface area (Å²) >= 11 is 0. The van der Waals surface area contributed by atoms with E-state index in [0.29, 0.717) is 5.69 Å². The van der Waals surface area contributed by atoms with Crippen molar-refractivity contribution in [3.05, 3.63) is 30.1 Å². The molecule has 0 amide bonds. The van der Waals surface area contributed by atoms with Gasteiger partial charge < -0.3 is 5.73 Å². The number of benzene rings is 1. The topological polar surface area (TPSA) is 26.0 Å². The summed E-state index contributed by atoms with van der Waals surface area (Å²) in [5, 5.41) is 0. The molecular weight excluding hydrogens is 153 g/mol. The van der Waals surface area contributed by atoms with Crippen molar-refractivity contribution in [3.63, 3.8) is 0 Å². The Morgan fingerprint density at radius 3 is 1.50 bits per heavy atom. The summed E-state index contributed by atoms with van der Waals surface area (Å²) in [7, 11) is 0. The lowest BCUT2D eigenvalue weighted by atomic mass is 10.3. The lowest BCUT2D eigenvalue weighted by molar-refractivity contribution is 0.628. The lowest BCUT2D eigenvalue weighted by Gasteiger charge is -1.87. The van der Waals surface area contributed by atoms with E-state index in [1.54, 1.807) is 0 Å². The van der Waals surface area contributed by atoms with Crippen LogP contribution in [0.3, 0.4) is 0 Å². The van der Waals surface area contributed by atoms with Gasteiger partial charge >= 0.3 is 0 Å². The van der Waals surface area contributed by atoms with Crippen LogP contribution < -0.4 is 5.73 Å². The maximum absolute atomic E-state index is 12.0. The quantitative estimate of drug-likeness (QED) is 0.594. The number of anilines is 1. The van der Waals surface area contributed by atoms with E-state index in [9.17, 15) is 4.39 Å². The van der Waals surface area contributed by atoms with Gasteiger partial charge in [-0.15, -0.1) is 0 Å². The van der Waals surface area contributed by atoms with Crippen LogP contribution in [0.2, 0.25) is 0 Å². The van der Waals surface area contributed by atoms with Crippen molar-refractivity contribution < 1.29 is 4.39 Å². The average Bonchev–Trinajstić information content (AvgIpc) is 2.17. The van der Waals surface area contributed by atoms with E-state index in [0.717, 1.165) is 0 Å². The number of nitrogens with two attached hydrogens (primary N) is 1. The largest absolute Gasteiger partial charge is 0.399 e. The van der Waals surface area contributed by atoms with Gasteiger partial charge in [0.2, 0.25) is 0 Å². The Labute approximate surface area is 74.4 Å². The van der Waals surface area contributed by atoms with Crippen molar-refractivity contribution in [3.8, 4) is 0 Å². The standard InChI is InChI=1S/C6H6FN.2C2H6/c7-5-1-3-6(8)4-2-5;2*1-2/h1-4H,8H2;2*1-2H3. The molecule has 0 saturated heterocycles. The molecule has 0 aliphatic rings. The molecule has 70 valence electrons. The highest BCUT2D eigenvalue weighted by molar-refractivity contribution is 5.36. The molecule has 0 radical (unpaired) electrons. The van der Waals surface area contributed by atoms with E-state index in [1.165, 1.54) is 24.3 Å². The second-order valence-electron chi connectivity index (χ2n) is 1.55. The summed E-state index contributed by atoms with van der Waals surface area (Å²) in [5.41, 5.74) is 5.85. The van der Waals surface area contributed by atoms with Crippen molar-refractivity contribution in [1.82, 2.24) is 0 Å². The van der Waals surface area contributed by atoms with Crippen LogP contribution in [0.15, 0.2) is 24.3 Å². The highest BCUT2D eigenvalue weighted by Crippen LogP contribution is 2.01. The van der Waals surface area contributed by atoms with Crippen molar-refractivity contribution in [2.45, 2.75) is 27.7 Å². The van der Waals surface area contributed by atoms with Crippen LogP contribution in [-0.4, -0.2) is 0 Å². The average molecular weight is 171 g/mol. The van der Waals surface area contributed by atoms with Crippen LogP contribution >= 0.6 is 0 Å². The zero-order valence-electron chi connectivity index (χ0n) is 8.26. The number of hydrogen-bond donors (Lipinski definition) is 1. The Hall–Kier alpha value is -1.05. The monoisotopic (exact) mass is 171 g/mol. The highest BCUT2D eigenvalue weighted by atomic mass is 19.1. The molecule has 0 aliphatic heterocycles. The van der Waals surface area contributed by atoms with Crippen LogP contribution in [-0.2, 0) is 0 Å². The smallest absolute Gasteiger partial charge is 0.123 e. The minimum absolute atomic E-state index is 0.251. The zero-order chi connectivity index (χ0) is 9.98. The normalized spacial score (nSPS) is 7.08. The summed E-state index contributed by atoms with van der Waals surface area (Å²) in [6.07, 6.45) is 0. The number of nitrogen functional groups attached to an aromatic ring is 1. The molecule has 12 heavy (non-hydrogen) atoms. The van der Waals surface area contributed by atoms with E-state index < -0.39 is 0 Å². The third-order valence-electron chi connectivity index (χ3n) is 0.870. The summed E-state index contributed by atoms with van der Waals surface area (Å²) < 4.78 is 12.0. The van der Waals surface area contributed by atoms with Gasteiger partial charge in [-0.1, -0.05) is 27.7 Å². The molecule has 0 aliphatic carbocycles. The fourth-order valence-electron chi connectivity index (χ4n) is 0.463. The molecule has 1 aromatic rings. The fourth-order valence-corrected chi connectivity index (χ4v) is 0.463. The minimum Gasteiger partial charge on any atom is -0.399 e. The minimum atomic E-state index is -0.251. The van der Waals surface area contributed by atoms with Crippen LogP contribution in [0.25, 0.3) is 0 Å². The second-order valence-corrected chi connectivity index (χ2v) is 1.55. The van der Waals surface area contributed by atoms with Crippen LogP contribution in [0.4, 0.5) is 10.1 Å². The molecule has 1 nitrogen and oxygen atoms in total. The predicted molar refractivity (Wildman–Crippen MR) is 53.5 cm³/mol. The van der Waals surface area contributed by atoms with E-state index in [1.807, 2.05) is 27.7 Å². The first-order valence-electron chi connectivity index (χ1n) is 4.30. The van der Waals surface area contributed by atoms with Crippen LogP contribution in [0.5, 0.6) is 0 Å². The molecule has 0 aromatic heterocycles. The molecule has 1 rings (SSSR count). The van der Waals surface area contributed by atoms with Crippen LogP contribution in [0.1, 0.15) is 27.7 Å². The van der Waals surface area contributed by atoms with Gasteiger partial charge in [0.05, 0.1) is 0 Å². The van der Waals surface area contributed by atoms with Gasteiger partial charge in [0.1, 0.15) is 5.82 Å². The van der Waals surface area contributed by atoms with Gasteiger partial charge in [0.15, 0.2) is 0 Å². The highest BCUT2D eigenvalue weighted by Gasteiger charge is 1.83. The van der Waals surface area contributed by atoms with Crippen molar-refractivity contribution in [1.29, 1.82) is 0 Å². The first-order valence-corrected chi connectivity index (χ1v) is 4.30. The molecule has 2 N–H and O–H groups in total. The summed E-state index contributed by atoms with van der Waals surface area (Å²) in [4.78, 5) is 0. The van der Waals surface area contributed by atoms with E-state index in [-0.39, 0.29) is 5.82 Å². The van der Waals surface area contributed by atoms with Crippen molar-refractivity contribution in [2.24, 2.45) is 0 Å². The van der Waals surface area contributed by atoms with Gasteiger partial charge in [0, 0.05) is 5.69 Å². The lowest BCUT2D eigenvalue weighted by Crippen LogP contribution is -1.82. The Bertz CT molecular complexity index is 149. The van der Waals surface area contributed by atoms with Gasteiger partial charge in [-0.25, -0.2) is 4.39 Å². The molecule has 2 heteroatoms. The Morgan fingerprint density at radius 2 is 1.25 bits per heavy atom. The van der Waals surface area contributed by atoms with Gasteiger partial charge in [-0.2, -0.15) is 0 Å². The predicted octanol–water partition coefficient (Wildman–Crippen LogP) is 3.46. The van der Waals surface area contributed by atoms with E-state index >= 15 is 0 Å². The second kappa shape index (κ2) is 9.95. The Balaban J connectivity index is 0. The molecular formula is C10H18FN. The number of hydrogen-bond acceptors (Lipinski definition) is 1. The molecule has 0 saturated carbocycles. The molecule has 1 aromatic carbocycles. The third kappa shape index (κ3) is 7.06. The zero-order valence-corrected chi connectivity index (χ0v) is 8.26. The molecule has 0 unspecified atom stereocenters. The summed E-state index contributed by atoms with van der Waals surface area (Å²) in [6.45, 7) is 8.00. The molecule has 0 atom stereocenters. The van der Waals surface area contributed by atoms with Gasteiger partial charge in [-0.3, -0.25) is 0 Å². The molecule has 0 bridgehead atoms. The van der Waals surface area contributed by atoms with E-state index in [4.69, 9.17) is 5.73 Å². The Morgan fingerprint density at radius 1 is 0.917 bits per heavy atom. The maximum atomic E-state index is 12.0. The first-order chi connectivity index (χ1) is 5.79. The third-order valence-corrected chi connectivity index (χ3v) is 0.870. The maximum Gasteiger partial charge on any atom is 0.123 e. The van der Waals surface area contributed by atoms with Gasteiger partial charge in [-0.05, 0) is 24.3 Å². The SMILES string of the molecule is CC.CC.Nc1ccc(F)cc1. The molecule has 0 fully saturated rings. The Kier molecular flexibility index (Phi) is 11.2. The fraction of sp³-hybridized carbons (Fsp3) is 0.400. The first kappa shape index (κ1) is 13.5. The number of halogens is 1. The summed E-state index contributed by atoms with van der Waals surface area (Å²) in [6, 6.07) is 5.70. The van der Waals surface area contributed by atoms with Gasteiger partial charge in [0.25, 0.3) is 0 Å². The molecule has 0 heterocycles. The number of rotatable bonds is 0. The van der Waals surface area contributed by atoms with Crippen molar-refractivity contribution >= 4 is 5.69 Å². The van der Waals surface area contributed by atoms with Crippen LogP contribution in [0, 0.1) is 5.82 Å². The van der Waals surface area contributed by atoms with E-state index in [2.05, 4.69) is 0 Å². The summed E-state index contributed by atoms with van der Waals surface area (Å²) in [5.74, 6) is -0.251. The molecule has 0 spiro atoms. The van der Waals surface area contributed by atoms with Crippen molar-refractivity contribution in [2.75, 3.05) is 5.73 Å².